The number of ether oxygens (including phenoxy) is 1. The Balaban J connectivity index is 1.64. The first-order valence-corrected chi connectivity index (χ1v) is 11.5. The molecule has 0 N–H and O–H groups in total. The number of benzene rings is 3. The third kappa shape index (κ3) is 5.37. The quantitative estimate of drug-likeness (QED) is 0.277. The summed E-state index contributed by atoms with van der Waals surface area (Å²) in [7, 11) is 0. The standard InChI is InChI=1S/C26H23BrFN3O2/c1-3-17(2)25-30-24-11-10-20(27)14-23(24)26(32)31(25)29-15-18-6-5-9-22(13-18)33-16-19-7-4-8-21(28)12-19/h4-15,17H,3,16H2,1-2H3/t17-/m1/s1. The second-order valence-electron chi connectivity index (χ2n) is 7.79. The molecule has 168 valence electrons. The van der Waals surface area contributed by atoms with E-state index in [-0.39, 0.29) is 23.9 Å². The molecule has 3 aromatic carbocycles. The molecule has 1 atom stereocenters. The second kappa shape index (κ2) is 10.1. The Morgan fingerprint density at radius 2 is 1.97 bits per heavy atom. The van der Waals surface area contributed by atoms with Gasteiger partial charge in [0.15, 0.2) is 0 Å². The molecule has 7 heteroatoms. The molecule has 33 heavy (non-hydrogen) atoms. The van der Waals surface area contributed by atoms with Crippen molar-refractivity contribution in [2.45, 2.75) is 32.8 Å². The molecule has 0 aliphatic heterocycles. The van der Waals surface area contributed by atoms with Crippen LogP contribution in [0.25, 0.3) is 10.9 Å². The van der Waals surface area contributed by atoms with Gasteiger partial charge in [-0.25, -0.2) is 9.37 Å². The van der Waals surface area contributed by atoms with Gasteiger partial charge in [0.1, 0.15) is 24.0 Å². The average molecular weight is 508 g/mol. The van der Waals surface area contributed by atoms with Crippen LogP contribution in [-0.4, -0.2) is 15.9 Å². The number of hydrogen-bond donors (Lipinski definition) is 0. The smallest absolute Gasteiger partial charge is 0.282 e. The van der Waals surface area contributed by atoms with Crippen molar-refractivity contribution in [1.82, 2.24) is 9.66 Å². The molecular weight excluding hydrogens is 485 g/mol. The zero-order valence-electron chi connectivity index (χ0n) is 18.3. The van der Waals surface area contributed by atoms with Gasteiger partial charge in [-0.2, -0.15) is 9.78 Å². The summed E-state index contributed by atoms with van der Waals surface area (Å²) in [5.41, 5.74) is 1.94. The van der Waals surface area contributed by atoms with E-state index in [2.05, 4.69) is 28.0 Å². The summed E-state index contributed by atoms with van der Waals surface area (Å²) in [5.74, 6) is 1.00. The van der Waals surface area contributed by atoms with Crippen LogP contribution >= 0.6 is 15.9 Å². The average Bonchev–Trinajstić information content (AvgIpc) is 2.82. The summed E-state index contributed by atoms with van der Waals surface area (Å²) < 4.78 is 21.4. The van der Waals surface area contributed by atoms with E-state index in [9.17, 15) is 9.18 Å². The third-order valence-electron chi connectivity index (χ3n) is 5.36. The van der Waals surface area contributed by atoms with Gasteiger partial charge in [0.05, 0.1) is 17.1 Å². The molecule has 0 radical (unpaired) electrons. The van der Waals surface area contributed by atoms with Crippen molar-refractivity contribution in [3.8, 4) is 5.75 Å². The van der Waals surface area contributed by atoms with E-state index in [4.69, 9.17) is 9.72 Å². The van der Waals surface area contributed by atoms with Crippen LogP contribution in [0.4, 0.5) is 4.39 Å². The summed E-state index contributed by atoms with van der Waals surface area (Å²) in [6, 6.07) is 19.1. The van der Waals surface area contributed by atoms with E-state index < -0.39 is 0 Å². The Morgan fingerprint density at radius 3 is 2.76 bits per heavy atom. The van der Waals surface area contributed by atoms with Crippen LogP contribution in [-0.2, 0) is 6.61 Å². The van der Waals surface area contributed by atoms with Crippen molar-refractivity contribution in [2.75, 3.05) is 0 Å². The highest BCUT2D eigenvalue weighted by molar-refractivity contribution is 9.10. The van der Waals surface area contributed by atoms with Crippen molar-refractivity contribution in [3.05, 3.63) is 104 Å². The molecule has 4 rings (SSSR count). The summed E-state index contributed by atoms with van der Waals surface area (Å²) in [6.45, 7) is 4.33. The van der Waals surface area contributed by atoms with Crippen molar-refractivity contribution < 1.29 is 9.13 Å². The number of hydrogen-bond acceptors (Lipinski definition) is 4. The molecular formula is C26H23BrFN3O2. The molecule has 0 saturated heterocycles. The molecule has 1 aromatic heterocycles. The first-order valence-electron chi connectivity index (χ1n) is 10.7. The van der Waals surface area contributed by atoms with Crippen LogP contribution in [0.15, 0.2) is 81.1 Å². The van der Waals surface area contributed by atoms with Crippen LogP contribution in [0.1, 0.15) is 43.1 Å². The molecule has 5 nitrogen and oxygen atoms in total. The van der Waals surface area contributed by atoms with E-state index in [1.807, 2.05) is 49.4 Å². The lowest BCUT2D eigenvalue weighted by Gasteiger charge is -2.14. The fourth-order valence-electron chi connectivity index (χ4n) is 3.38. The molecule has 0 saturated carbocycles. The predicted molar refractivity (Wildman–Crippen MR) is 133 cm³/mol. The molecule has 0 amide bonds. The van der Waals surface area contributed by atoms with Gasteiger partial charge in [0, 0.05) is 10.4 Å². The summed E-state index contributed by atoms with van der Waals surface area (Å²) in [4.78, 5) is 18.0. The van der Waals surface area contributed by atoms with Crippen LogP contribution in [0.5, 0.6) is 5.75 Å². The SMILES string of the molecule is CC[C@@H](C)c1nc2ccc(Br)cc2c(=O)n1N=Cc1cccc(OCc2cccc(F)c2)c1. The Bertz CT molecular complexity index is 1380. The molecule has 0 aliphatic carbocycles. The van der Waals surface area contributed by atoms with Gasteiger partial charge >= 0.3 is 0 Å². The minimum absolute atomic E-state index is 0.0591. The van der Waals surface area contributed by atoms with Gasteiger partial charge in [-0.05, 0) is 60.0 Å². The lowest BCUT2D eigenvalue weighted by molar-refractivity contribution is 0.305. The third-order valence-corrected chi connectivity index (χ3v) is 5.85. The first kappa shape index (κ1) is 22.9. The molecule has 1 heterocycles. The Hall–Kier alpha value is -3.32. The van der Waals surface area contributed by atoms with E-state index in [0.29, 0.717) is 22.5 Å². The first-order chi connectivity index (χ1) is 15.9. The largest absolute Gasteiger partial charge is 0.489 e. The monoisotopic (exact) mass is 507 g/mol. The number of rotatable bonds is 7. The van der Waals surface area contributed by atoms with Crippen molar-refractivity contribution in [1.29, 1.82) is 0 Å². The normalized spacial score (nSPS) is 12.4. The van der Waals surface area contributed by atoms with Gasteiger partial charge in [-0.3, -0.25) is 4.79 Å². The zero-order chi connectivity index (χ0) is 23.4. The van der Waals surface area contributed by atoms with Crippen molar-refractivity contribution in [3.63, 3.8) is 0 Å². The van der Waals surface area contributed by atoms with Crippen LogP contribution in [0.3, 0.4) is 0 Å². The van der Waals surface area contributed by atoms with Gasteiger partial charge in [0.2, 0.25) is 0 Å². The maximum absolute atomic E-state index is 13.4. The molecule has 0 bridgehead atoms. The van der Waals surface area contributed by atoms with Crippen LogP contribution < -0.4 is 10.3 Å². The number of fused-ring (bicyclic) bond motifs is 1. The number of nitrogens with zero attached hydrogens (tertiary/aromatic N) is 3. The fourth-order valence-corrected chi connectivity index (χ4v) is 3.74. The molecule has 4 aromatic rings. The number of halogens is 2. The second-order valence-corrected chi connectivity index (χ2v) is 8.71. The van der Waals surface area contributed by atoms with Gasteiger partial charge in [-0.15, -0.1) is 0 Å². The van der Waals surface area contributed by atoms with Gasteiger partial charge in [0.25, 0.3) is 5.56 Å². The molecule has 0 unspecified atom stereocenters. The van der Waals surface area contributed by atoms with E-state index in [1.165, 1.54) is 16.8 Å². The van der Waals surface area contributed by atoms with Crippen LogP contribution in [0, 0.1) is 5.82 Å². The predicted octanol–water partition coefficient (Wildman–Crippen LogP) is 6.27. The minimum atomic E-state index is -0.296. The maximum Gasteiger partial charge on any atom is 0.282 e. The summed E-state index contributed by atoms with van der Waals surface area (Å²) in [6.07, 6.45) is 2.45. The van der Waals surface area contributed by atoms with E-state index >= 15 is 0 Å². The highest BCUT2D eigenvalue weighted by atomic mass is 79.9. The summed E-state index contributed by atoms with van der Waals surface area (Å²) in [5, 5.41) is 4.99. The summed E-state index contributed by atoms with van der Waals surface area (Å²) >= 11 is 3.42. The topological polar surface area (TPSA) is 56.5 Å². The van der Waals surface area contributed by atoms with E-state index in [1.54, 1.807) is 18.3 Å². The Morgan fingerprint density at radius 1 is 1.15 bits per heavy atom. The zero-order valence-corrected chi connectivity index (χ0v) is 19.9. The van der Waals surface area contributed by atoms with Crippen molar-refractivity contribution >= 4 is 33.0 Å². The Kier molecular flexibility index (Phi) is 6.99. The van der Waals surface area contributed by atoms with Crippen molar-refractivity contribution in [2.24, 2.45) is 5.10 Å². The van der Waals surface area contributed by atoms with Gasteiger partial charge in [-0.1, -0.05) is 54.0 Å². The van der Waals surface area contributed by atoms with Crippen LogP contribution in [0.2, 0.25) is 0 Å². The molecule has 0 fully saturated rings. The molecule has 0 spiro atoms. The molecule has 0 aliphatic rings. The fraction of sp³-hybridized carbons (Fsp3) is 0.192. The maximum atomic E-state index is 13.4. The lowest BCUT2D eigenvalue weighted by atomic mass is 10.1. The van der Waals surface area contributed by atoms with Gasteiger partial charge < -0.3 is 4.74 Å². The highest BCUT2D eigenvalue weighted by Gasteiger charge is 2.15. The van der Waals surface area contributed by atoms with E-state index in [0.717, 1.165) is 22.0 Å². The lowest BCUT2D eigenvalue weighted by Crippen LogP contribution is -2.23. The minimum Gasteiger partial charge on any atom is -0.489 e. The highest BCUT2D eigenvalue weighted by Crippen LogP contribution is 2.21. The number of aromatic nitrogens is 2. The Labute approximate surface area is 199 Å².